The lowest BCUT2D eigenvalue weighted by Gasteiger charge is -2.39. The van der Waals surface area contributed by atoms with Crippen molar-refractivity contribution in [2.75, 3.05) is 0 Å². The molecule has 0 spiro atoms. The first-order valence-electron chi connectivity index (χ1n) is 25.0. The summed E-state index contributed by atoms with van der Waals surface area (Å²) in [5.41, 5.74) is 10.2. The van der Waals surface area contributed by atoms with Crippen molar-refractivity contribution in [1.82, 2.24) is 0 Å². The number of ether oxygens (including phenoxy) is 4. The molecule has 5 nitrogen and oxygen atoms in total. The maximum Gasteiger partial charge on any atom is 0.294 e. The Hall–Kier alpha value is -8.29. The molecule has 0 amide bonds. The number of hydrogen-bond donors (Lipinski definition) is 0. The van der Waals surface area contributed by atoms with E-state index < -0.39 is 22.5 Å². The second-order valence-corrected chi connectivity index (χ2v) is 20.5. The minimum Gasteiger partial charge on any atom is -0.451 e. The van der Waals surface area contributed by atoms with Gasteiger partial charge in [-0.25, -0.2) is 0 Å². The number of carbonyl (C=O) groups excluding carboxylic acids is 1. The second-order valence-electron chi connectivity index (χ2n) is 18.4. The first-order chi connectivity index (χ1) is 37.8. The van der Waals surface area contributed by atoms with E-state index in [1.165, 1.54) is 0 Å². The Labute approximate surface area is 466 Å². The summed E-state index contributed by atoms with van der Waals surface area (Å²) in [5, 5.41) is -0.563. The lowest BCUT2D eigenvalue weighted by atomic mass is 9.74. The lowest BCUT2D eigenvalue weighted by molar-refractivity contribution is 0.0319. The van der Waals surface area contributed by atoms with Crippen LogP contribution in [0.15, 0.2) is 271 Å². The molecular weight excluding hydrogens is 1040 g/mol. The SMILES string of the molecule is O=C1C(Cl)=C(Cl)C(Cl)(Cl)c2c1ccc(C1=C(Oc3ccccc3)OC(c3ccccc3)C(c3ccccc3)=C1c1ccccc1)c2C1=C(c2ccccc2)C(c2ccccc2)=C(c2ccccc2)OC1Oc1ccccc1. The van der Waals surface area contributed by atoms with Gasteiger partial charge in [0.15, 0.2) is 10.4 Å². The van der Waals surface area contributed by atoms with Crippen LogP contribution in [0.3, 0.4) is 0 Å². The van der Waals surface area contributed by atoms with Gasteiger partial charge in [-0.05, 0) is 63.7 Å². The average molecular weight is 1080 g/mol. The number of carbonyl (C=O) groups is 1. The van der Waals surface area contributed by atoms with Crippen molar-refractivity contribution < 1.29 is 23.7 Å². The monoisotopic (exact) mass is 1080 g/mol. The molecule has 9 heteroatoms. The van der Waals surface area contributed by atoms with E-state index in [1.54, 1.807) is 6.07 Å². The van der Waals surface area contributed by atoms with Crippen molar-refractivity contribution in [2.24, 2.45) is 0 Å². The third-order valence-electron chi connectivity index (χ3n) is 13.7. The Bertz CT molecular complexity index is 3820. The third kappa shape index (κ3) is 9.36. The van der Waals surface area contributed by atoms with E-state index in [2.05, 4.69) is 24.3 Å². The molecule has 9 aromatic rings. The quantitative estimate of drug-likeness (QED) is 0.114. The molecule has 0 saturated carbocycles. The lowest BCUT2D eigenvalue weighted by Crippen LogP contribution is -2.32. The molecule has 2 aliphatic heterocycles. The van der Waals surface area contributed by atoms with Gasteiger partial charge in [0.1, 0.15) is 22.3 Å². The van der Waals surface area contributed by atoms with Crippen molar-refractivity contribution >= 4 is 91.4 Å². The highest BCUT2D eigenvalue weighted by Gasteiger charge is 2.49. The molecule has 0 bridgehead atoms. The average Bonchev–Trinajstić information content (AvgIpc) is 3.66. The molecule has 0 radical (unpaired) electrons. The Morgan fingerprint density at radius 2 is 0.844 bits per heavy atom. The van der Waals surface area contributed by atoms with Gasteiger partial charge < -0.3 is 18.9 Å². The third-order valence-corrected chi connectivity index (χ3v) is 15.6. The molecule has 0 aromatic heterocycles. The summed E-state index contributed by atoms with van der Waals surface area (Å²) in [6, 6.07) is 83.0. The van der Waals surface area contributed by atoms with Crippen LogP contribution in [0.4, 0.5) is 0 Å². The highest BCUT2D eigenvalue weighted by Crippen LogP contribution is 2.60. The fourth-order valence-electron chi connectivity index (χ4n) is 10.4. The summed E-state index contributed by atoms with van der Waals surface area (Å²) in [6.45, 7) is 0. The van der Waals surface area contributed by atoms with Gasteiger partial charge in [-0.3, -0.25) is 4.79 Å². The van der Waals surface area contributed by atoms with Gasteiger partial charge in [0.25, 0.3) is 12.2 Å². The summed E-state index contributed by atoms with van der Waals surface area (Å²) in [6.07, 6.45) is -1.99. The molecule has 2 atom stereocenters. The van der Waals surface area contributed by atoms with E-state index >= 15 is 0 Å². The Morgan fingerprint density at radius 1 is 0.416 bits per heavy atom. The minimum atomic E-state index is -2.14. The predicted octanol–water partition coefficient (Wildman–Crippen LogP) is 18.2. The number of rotatable bonds is 12. The highest BCUT2D eigenvalue weighted by molar-refractivity contribution is 6.62. The van der Waals surface area contributed by atoms with Gasteiger partial charge in [0, 0.05) is 50.1 Å². The van der Waals surface area contributed by atoms with Crippen molar-refractivity contribution in [3.8, 4) is 11.5 Å². The van der Waals surface area contributed by atoms with Gasteiger partial charge in [0.2, 0.25) is 5.78 Å². The van der Waals surface area contributed by atoms with Crippen LogP contribution >= 0.6 is 46.4 Å². The van der Waals surface area contributed by atoms with Crippen LogP contribution in [-0.4, -0.2) is 12.1 Å². The molecular formula is C68H44Cl4O5. The second kappa shape index (κ2) is 21.4. The number of fused-ring (bicyclic) bond motifs is 1. The van der Waals surface area contributed by atoms with Gasteiger partial charge >= 0.3 is 0 Å². The summed E-state index contributed by atoms with van der Waals surface area (Å²) >= 11 is 29.7. The normalized spacial score (nSPS) is 17.2. The molecule has 12 rings (SSSR count). The summed E-state index contributed by atoms with van der Waals surface area (Å²) in [5.74, 6) is 1.14. The molecule has 0 N–H and O–H groups in total. The molecule has 1 aliphatic carbocycles. The van der Waals surface area contributed by atoms with E-state index in [4.69, 9.17) is 65.4 Å². The van der Waals surface area contributed by atoms with Crippen LogP contribution in [0.2, 0.25) is 0 Å². The first-order valence-corrected chi connectivity index (χ1v) is 26.5. The topological polar surface area (TPSA) is 54.0 Å². The van der Waals surface area contributed by atoms with Crippen LogP contribution in [0.1, 0.15) is 66.5 Å². The van der Waals surface area contributed by atoms with Gasteiger partial charge in [-0.15, -0.1) is 0 Å². The van der Waals surface area contributed by atoms with Crippen LogP contribution < -0.4 is 9.47 Å². The fourth-order valence-corrected chi connectivity index (χ4v) is 11.5. The van der Waals surface area contributed by atoms with E-state index in [-0.39, 0.29) is 27.1 Å². The van der Waals surface area contributed by atoms with Crippen molar-refractivity contribution in [1.29, 1.82) is 0 Å². The van der Waals surface area contributed by atoms with Crippen LogP contribution in [0.5, 0.6) is 11.5 Å². The number of Topliss-reactive ketones (excluding diaryl/α,β-unsaturated/α-hetero) is 1. The van der Waals surface area contributed by atoms with Crippen LogP contribution in [0, 0.1) is 0 Å². The van der Waals surface area contributed by atoms with E-state index in [1.807, 2.05) is 224 Å². The highest BCUT2D eigenvalue weighted by atomic mass is 35.5. The molecule has 374 valence electrons. The Balaban J connectivity index is 1.32. The molecule has 2 unspecified atom stereocenters. The zero-order valence-electron chi connectivity index (χ0n) is 41.0. The molecule has 0 fully saturated rings. The number of hydrogen-bond acceptors (Lipinski definition) is 5. The number of benzene rings is 9. The first kappa shape index (κ1) is 49.6. The standard InChI is InChI=1S/C68H44Cl4O5/c69-61-62(73)52-42-41-51(58-53(43-25-9-1-10-26-43)55(45-29-13-3-14-30-45)63(47-33-17-5-18-34-47)76-66(58)74-49-37-21-7-22-38-49)57(60(52)68(71,72)65(61)70)59-54(44-27-11-2-12-28-44)56(46-31-15-4-16-32-46)64(48-35-19-6-20-36-48)77-67(59)75-50-39-23-8-24-40-50/h1-42,63,67H. The number of halogens is 4. The Morgan fingerprint density at radius 3 is 1.38 bits per heavy atom. The van der Waals surface area contributed by atoms with Gasteiger partial charge in [0.05, 0.1) is 10.6 Å². The van der Waals surface area contributed by atoms with E-state index in [0.29, 0.717) is 45.1 Å². The molecule has 2 heterocycles. The largest absolute Gasteiger partial charge is 0.451 e. The zero-order valence-corrected chi connectivity index (χ0v) is 44.0. The molecule has 3 aliphatic rings. The summed E-state index contributed by atoms with van der Waals surface area (Å²) in [7, 11) is 0. The van der Waals surface area contributed by atoms with Crippen molar-refractivity contribution in [3.63, 3.8) is 0 Å². The zero-order chi connectivity index (χ0) is 52.5. The molecule has 77 heavy (non-hydrogen) atoms. The van der Waals surface area contributed by atoms with Crippen LogP contribution in [0.25, 0.3) is 39.2 Å². The minimum absolute atomic E-state index is 0.124. The van der Waals surface area contributed by atoms with Gasteiger partial charge in [-0.1, -0.05) is 271 Å². The maximum absolute atomic E-state index is 15.0. The maximum atomic E-state index is 15.0. The summed E-state index contributed by atoms with van der Waals surface area (Å²) < 4.78 is 27.2. The van der Waals surface area contributed by atoms with E-state index in [0.717, 1.165) is 50.1 Å². The Kier molecular flexibility index (Phi) is 13.8. The molecule has 9 aromatic carbocycles. The van der Waals surface area contributed by atoms with Gasteiger partial charge in [-0.2, -0.15) is 0 Å². The number of para-hydroxylation sites is 2. The number of ketones is 1. The smallest absolute Gasteiger partial charge is 0.294 e. The summed E-state index contributed by atoms with van der Waals surface area (Å²) in [4.78, 5) is 15.0. The van der Waals surface area contributed by atoms with Crippen LogP contribution in [-0.2, 0) is 13.8 Å². The fraction of sp³-hybridized carbons (Fsp3) is 0.0441. The van der Waals surface area contributed by atoms with E-state index in [9.17, 15) is 4.79 Å². The molecule has 0 saturated heterocycles. The van der Waals surface area contributed by atoms with Crippen molar-refractivity contribution in [3.05, 3.63) is 326 Å². The predicted molar refractivity (Wildman–Crippen MR) is 312 cm³/mol. The number of allylic oxidation sites excluding steroid dienone is 6. The number of alkyl halides is 2. The van der Waals surface area contributed by atoms with Crippen molar-refractivity contribution in [2.45, 2.75) is 16.7 Å².